The van der Waals surface area contributed by atoms with Gasteiger partial charge in [0.25, 0.3) is 0 Å². The number of nitrogens with zero attached hydrogens (tertiary/aromatic N) is 1. The number of fused-ring (bicyclic) bond motifs is 2. The molecule has 152 valence electrons. The number of aromatic nitrogens is 1. The number of hydrogen-bond donors (Lipinski definition) is 5. The molecule has 0 saturated carbocycles. The molecule has 0 spiro atoms. The molecule has 0 bridgehead atoms. The maximum Gasteiger partial charge on any atom is 0.316 e. The maximum absolute atomic E-state index is 11.1. The number of aliphatic hydroxyl groups excluding tert-OH is 1. The van der Waals surface area contributed by atoms with Crippen LogP contribution in [0.15, 0.2) is 16.6 Å². The predicted octanol–water partition coefficient (Wildman–Crippen LogP) is 2.98. The van der Waals surface area contributed by atoms with Crippen molar-refractivity contribution in [3.05, 3.63) is 39.4 Å². The number of nitrogens with one attached hydrogen (secondary N) is 1. The second-order valence-electron chi connectivity index (χ2n) is 7.52. The van der Waals surface area contributed by atoms with Gasteiger partial charge in [0.15, 0.2) is 4.34 Å². The molecule has 1 unspecified atom stereocenters. The molecular formula is C19H26N4O3S2. The SMILES string of the molecule is CC(C)(O)c1cnc(SN)s1.NC(=O)Nc1c2c(cc3c1CCC3O)CCC2. The van der Waals surface area contributed by atoms with Gasteiger partial charge in [0.1, 0.15) is 0 Å². The van der Waals surface area contributed by atoms with Gasteiger partial charge >= 0.3 is 6.03 Å². The van der Waals surface area contributed by atoms with Crippen molar-refractivity contribution < 1.29 is 15.0 Å². The Labute approximate surface area is 172 Å². The van der Waals surface area contributed by atoms with E-state index >= 15 is 0 Å². The van der Waals surface area contributed by atoms with Gasteiger partial charge in [0.2, 0.25) is 0 Å². The van der Waals surface area contributed by atoms with Crippen LogP contribution in [0.5, 0.6) is 0 Å². The number of benzene rings is 1. The minimum atomic E-state index is -0.800. The molecule has 2 aromatic rings. The number of carbonyl (C=O) groups excluding carboxylic acids is 1. The first-order chi connectivity index (χ1) is 13.2. The first-order valence-electron chi connectivity index (χ1n) is 9.18. The topological polar surface area (TPSA) is 134 Å². The van der Waals surface area contributed by atoms with Crippen molar-refractivity contribution in [2.24, 2.45) is 10.9 Å². The van der Waals surface area contributed by atoms with Crippen molar-refractivity contribution in [1.82, 2.24) is 4.98 Å². The highest BCUT2D eigenvalue weighted by Gasteiger charge is 2.28. The summed E-state index contributed by atoms with van der Waals surface area (Å²) in [4.78, 5) is 15.9. The highest BCUT2D eigenvalue weighted by atomic mass is 32.2. The van der Waals surface area contributed by atoms with Crippen molar-refractivity contribution in [1.29, 1.82) is 0 Å². The zero-order valence-electron chi connectivity index (χ0n) is 16.0. The van der Waals surface area contributed by atoms with E-state index in [2.05, 4.69) is 16.4 Å². The van der Waals surface area contributed by atoms with Crippen LogP contribution < -0.4 is 16.2 Å². The Morgan fingerprint density at radius 3 is 2.68 bits per heavy atom. The van der Waals surface area contributed by atoms with Crippen LogP contribution in [0.2, 0.25) is 0 Å². The first-order valence-corrected chi connectivity index (χ1v) is 10.9. The van der Waals surface area contributed by atoms with E-state index < -0.39 is 11.6 Å². The number of anilines is 1. The number of primary amides is 1. The molecule has 0 fully saturated rings. The average Bonchev–Trinajstić information content (AvgIpc) is 3.34. The van der Waals surface area contributed by atoms with Crippen LogP contribution in [0.4, 0.5) is 10.5 Å². The lowest BCUT2D eigenvalue weighted by atomic mass is 9.98. The van der Waals surface area contributed by atoms with Gasteiger partial charge in [-0.2, -0.15) is 0 Å². The lowest BCUT2D eigenvalue weighted by molar-refractivity contribution is 0.0823. The van der Waals surface area contributed by atoms with Crippen molar-refractivity contribution in [2.45, 2.75) is 62.0 Å². The van der Waals surface area contributed by atoms with Crippen LogP contribution >= 0.6 is 23.3 Å². The summed E-state index contributed by atoms with van der Waals surface area (Å²) >= 11 is 2.52. The van der Waals surface area contributed by atoms with Crippen LogP contribution in [0.3, 0.4) is 0 Å². The monoisotopic (exact) mass is 422 g/mol. The Bertz CT molecular complexity index is 877. The van der Waals surface area contributed by atoms with Crippen LogP contribution in [0.25, 0.3) is 0 Å². The second kappa shape index (κ2) is 8.38. The highest BCUT2D eigenvalue weighted by Crippen LogP contribution is 2.42. The summed E-state index contributed by atoms with van der Waals surface area (Å²) < 4.78 is 0.780. The molecular weight excluding hydrogens is 396 g/mol. The number of nitrogens with two attached hydrogens (primary N) is 2. The number of hydrogen-bond acceptors (Lipinski definition) is 7. The molecule has 0 aliphatic heterocycles. The number of carbonyl (C=O) groups is 1. The van der Waals surface area contributed by atoms with E-state index in [0.29, 0.717) is 0 Å². The third kappa shape index (κ3) is 4.49. The van der Waals surface area contributed by atoms with Crippen molar-refractivity contribution in [3.8, 4) is 0 Å². The van der Waals surface area contributed by atoms with Crippen LogP contribution in [0.1, 0.15) is 59.9 Å². The smallest absolute Gasteiger partial charge is 0.316 e. The van der Waals surface area contributed by atoms with E-state index in [-0.39, 0.29) is 6.10 Å². The van der Waals surface area contributed by atoms with E-state index in [1.165, 1.54) is 22.5 Å². The fourth-order valence-electron chi connectivity index (χ4n) is 3.69. The normalized spacial score (nSPS) is 17.5. The van der Waals surface area contributed by atoms with Gasteiger partial charge in [-0.15, -0.1) is 11.3 Å². The summed E-state index contributed by atoms with van der Waals surface area (Å²) in [6, 6.07) is 1.59. The number of aryl methyl sites for hydroxylation is 1. The zero-order valence-corrected chi connectivity index (χ0v) is 17.6. The van der Waals surface area contributed by atoms with Gasteiger partial charge < -0.3 is 21.3 Å². The molecule has 0 saturated heterocycles. The molecule has 2 amide bonds. The minimum Gasteiger partial charge on any atom is -0.388 e. The van der Waals surface area contributed by atoms with E-state index in [0.717, 1.165) is 70.1 Å². The van der Waals surface area contributed by atoms with Crippen LogP contribution in [-0.2, 0) is 24.9 Å². The third-order valence-corrected chi connectivity index (χ3v) is 6.96. The number of urea groups is 1. The predicted molar refractivity (Wildman–Crippen MR) is 112 cm³/mol. The molecule has 1 heterocycles. The van der Waals surface area contributed by atoms with Crippen LogP contribution in [-0.4, -0.2) is 21.2 Å². The molecule has 4 rings (SSSR count). The van der Waals surface area contributed by atoms with Crippen LogP contribution in [0, 0.1) is 0 Å². The number of aliphatic hydroxyl groups is 2. The molecule has 7 N–H and O–H groups in total. The lowest BCUT2D eigenvalue weighted by Crippen LogP contribution is -2.21. The fraction of sp³-hybridized carbons (Fsp3) is 0.474. The van der Waals surface area contributed by atoms with E-state index in [1.54, 1.807) is 20.0 Å². The van der Waals surface area contributed by atoms with Gasteiger partial charge in [-0.3, -0.25) is 5.14 Å². The molecule has 9 heteroatoms. The number of thiazole rings is 1. The Morgan fingerprint density at radius 1 is 1.36 bits per heavy atom. The van der Waals surface area contributed by atoms with Gasteiger partial charge in [-0.1, -0.05) is 6.07 Å². The van der Waals surface area contributed by atoms with Gasteiger partial charge in [0, 0.05) is 11.9 Å². The summed E-state index contributed by atoms with van der Waals surface area (Å²) in [5.74, 6) is 0. The van der Waals surface area contributed by atoms with E-state index in [9.17, 15) is 15.0 Å². The summed E-state index contributed by atoms with van der Waals surface area (Å²) in [6.45, 7) is 3.46. The molecule has 0 radical (unpaired) electrons. The lowest BCUT2D eigenvalue weighted by Gasteiger charge is -2.15. The summed E-state index contributed by atoms with van der Waals surface area (Å²) in [6.07, 6.45) is 5.97. The van der Waals surface area contributed by atoms with Gasteiger partial charge in [-0.25, -0.2) is 9.78 Å². The third-order valence-electron chi connectivity index (χ3n) is 5.01. The number of amides is 2. The molecule has 7 nitrogen and oxygen atoms in total. The first kappa shape index (κ1) is 21.1. The molecule has 2 aliphatic rings. The molecule has 1 aromatic heterocycles. The standard InChI is InChI=1S/C13H16N2O2.C6H10N2OS2/c14-13(17)15-12-8-3-1-2-7(8)6-10-9(12)4-5-11(10)16;1-6(2,9)4-3-8-5(10-4)11-7/h6,11,16H,1-5H2,(H3,14,15,17);3,9H,7H2,1-2H3. The molecule has 1 atom stereocenters. The van der Waals surface area contributed by atoms with Crippen molar-refractivity contribution in [2.75, 3.05) is 5.32 Å². The summed E-state index contributed by atoms with van der Waals surface area (Å²) in [5, 5.41) is 27.5. The number of rotatable bonds is 3. The Hall–Kier alpha value is -1.65. The van der Waals surface area contributed by atoms with Gasteiger partial charge in [0.05, 0.1) is 16.6 Å². The minimum absolute atomic E-state index is 0.385. The average molecular weight is 423 g/mol. The quantitative estimate of drug-likeness (QED) is 0.483. The van der Waals surface area contributed by atoms with E-state index in [4.69, 9.17) is 10.9 Å². The van der Waals surface area contributed by atoms with Gasteiger partial charge in [-0.05, 0) is 80.2 Å². The maximum atomic E-state index is 11.1. The Morgan fingerprint density at radius 2 is 2.11 bits per heavy atom. The second-order valence-corrected chi connectivity index (χ2v) is 9.43. The summed E-state index contributed by atoms with van der Waals surface area (Å²) in [7, 11) is 0. The fourth-order valence-corrected chi connectivity index (χ4v) is 4.91. The summed E-state index contributed by atoms with van der Waals surface area (Å²) in [5.41, 5.74) is 9.85. The van der Waals surface area contributed by atoms with Crippen molar-refractivity contribution >= 4 is 35.0 Å². The van der Waals surface area contributed by atoms with Crippen molar-refractivity contribution in [3.63, 3.8) is 0 Å². The molecule has 2 aliphatic carbocycles. The highest BCUT2D eigenvalue weighted by molar-refractivity contribution is 7.98. The van der Waals surface area contributed by atoms with E-state index in [1.807, 2.05) is 0 Å². The Kier molecular flexibility index (Phi) is 6.31. The zero-order chi connectivity index (χ0) is 20.5. The molecule has 1 aromatic carbocycles. The largest absolute Gasteiger partial charge is 0.388 e. The Balaban J connectivity index is 0.000000178. The molecule has 28 heavy (non-hydrogen) atoms.